The summed E-state index contributed by atoms with van der Waals surface area (Å²) in [6.07, 6.45) is 15.6. The number of amides is 1. The van der Waals surface area contributed by atoms with Gasteiger partial charge in [-0.3, -0.25) is 4.79 Å². The van der Waals surface area contributed by atoms with Gasteiger partial charge in [-0.1, -0.05) is 43.1 Å². The fraction of sp³-hybridized carbons (Fsp3) is 0.588. The van der Waals surface area contributed by atoms with Gasteiger partial charge in [-0.2, -0.15) is 0 Å². The lowest BCUT2D eigenvalue weighted by Crippen LogP contribution is -2.40. The number of hydrogen-bond donors (Lipinski definition) is 1. The lowest BCUT2D eigenvalue weighted by atomic mass is 9.95. The highest BCUT2D eigenvalue weighted by atomic mass is 16.2. The van der Waals surface area contributed by atoms with Gasteiger partial charge in [0.15, 0.2) is 0 Å². The summed E-state index contributed by atoms with van der Waals surface area (Å²) in [4.78, 5) is 14.0. The molecule has 2 aliphatic carbocycles. The molecule has 0 aromatic rings. The van der Waals surface area contributed by atoms with E-state index in [0.717, 1.165) is 12.1 Å². The molecule has 0 radical (unpaired) electrons. The lowest BCUT2D eigenvalue weighted by Gasteiger charge is -2.24. The van der Waals surface area contributed by atoms with Gasteiger partial charge in [-0.15, -0.1) is 0 Å². The Bertz CT molecular complexity index is 428. The van der Waals surface area contributed by atoms with Crippen LogP contribution in [-0.2, 0) is 4.79 Å². The van der Waals surface area contributed by atoms with E-state index in [1.54, 1.807) is 4.90 Å². The molecule has 2 rings (SSSR count). The molecule has 0 unspecified atom stereocenters. The zero-order chi connectivity index (χ0) is 14.4. The van der Waals surface area contributed by atoms with Crippen molar-refractivity contribution in [2.75, 3.05) is 13.6 Å². The molecule has 0 aromatic heterocycles. The standard InChI is InChI=1S/C17H26N2O/c1-14-7-6-10-16(12-11-14)19(2)17(20)13-18-15-8-4-3-5-9-15/h7,10-12,15,18H,3-6,8-9,13H2,1-2H3. The van der Waals surface area contributed by atoms with E-state index in [2.05, 4.69) is 30.5 Å². The van der Waals surface area contributed by atoms with Crippen LogP contribution in [0.15, 0.2) is 35.6 Å². The summed E-state index contributed by atoms with van der Waals surface area (Å²) >= 11 is 0. The van der Waals surface area contributed by atoms with Crippen molar-refractivity contribution in [2.45, 2.75) is 51.5 Å². The van der Waals surface area contributed by atoms with Crippen LogP contribution in [0.5, 0.6) is 0 Å². The summed E-state index contributed by atoms with van der Waals surface area (Å²) in [7, 11) is 1.86. The maximum absolute atomic E-state index is 12.3. The van der Waals surface area contributed by atoms with Crippen molar-refractivity contribution in [3.63, 3.8) is 0 Å². The first-order chi connectivity index (χ1) is 9.66. The van der Waals surface area contributed by atoms with Gasteiger partial charge in [0.2, 0.25) is 5.91 Å². The van der Waals surface area contributed by atoms with Crippen molar-refractivity contribution < 1.29 is 4.79 Å². The third-order valence-electron chi connectivity index (χ3n) is 4.19. The highest BCUT2D eigenvalue weighted by Gasteiger charge is 2.16. The van der Waals surface area contributed by atoms with Crippen LogP contribution in [0.25, 0.3) is 0 Å². The van der Waals surface area contributed by atoms with Crippen LogP contribution >= 0.6 is 0 Å². The minimum Gasteiger partial charge on any atom is -0.315 e. The average Bonchev–Trinajstić information content (AvgIpc) is 2.70. The Hall–Kier alpha value is -1.35. The first-order valence-electron chi connectivity index (χ1n) is 7.72. The summed E-state index contributed by atoms with van der Waals surface area (Å²) in [5, 5.41) is 3.41. The van der Waals surface area contributed by atoms with Crippen LogP contribution < -0.4 is 5.32 Å². The Morgan fingerprint density at radius 2 is 2.00 bits per heavy atom. The smallest absolute Gasteiger partial charge is 0.240 e. The topological polar surface area (TPSA) is 32.3 Å². The normalized spacial score (nSPS) is 20.1. The molecule has 0 atom stereocenters. The Labute approximate surface area is 122 Å². The van der Waals surface area contributed by atoms with E-state index >= 15 is 0 Å². The van der Waals surface area contributed by atoms with E-state index in [4.69, 9.17) is 0 Å². The zero-order valence-corrected chi connectivity index (χ0v) is 12.7. The van der Waals surface area contributed by atoms with Gasteiger partial charge in [-0.25, -0.2) is 0 Å². The van der Waals surface area contributed by atoms with Crippen LogP contribution in [0, 0.1) is 0 Å². The SMILES string of the molecule is CC1=CCC=C(N(C)C(=O)CNC2CCCCC2)C=C1. The summed E-state index contributed by atoms with van der Waals surface area (Å²) in [5.41, 5.74) is 2.24. The van der Waals surface area contributed by atoms with Crippen molar-refractivity contribution in [3.05, 3.63) is 35.6 Å². The first-order valence-corrected chi connectivity index (χ1v) is 7.72. The molecule has 0 aliphatic heterocycles. The molecule has 3 nitrogen and oxygen atoms in total. The summed E-state index contributed by atoms with van der Waals surface area (Å²) < 4.78 is 0. The van der Waals surface area contributed by atoms with Crippen molar-refractivity contribution in [2.24, 2.45) is 0 Å². The van der Waals surface area contributed by atoms with Crippen LogP contribution in [-0.4, -0.2) is 30.4 Å². The third-order valence-corrected chi connectivity index (χ3v) is 4.19. The molecule has 1 N–H and O–H groups in total. The van der Waals surface area contributed by atoms with Gasteiger partial charge in [0.1, 0.15) is 0 Å². The van der Waals surface area contributed by atoms with Crippen molar-refractivity contribution in [1.82, 2.24) is 10.2 Å². The second kappa shape index (κ2) is 7.44. The second-order valence-corrected chi connectivity index (χ2v) is 5.81. The van der Waals surface area contributed by atoms with Crippen molar-refractivity contribution in [1.29, 1.82) is 0 Å². The molecule has 0 spiro atoms. The molecule has 1 amide bonds. The number of carbonyl (C=O) groups excluding carboxylic acids is 1. The lowest BCUT2D eigenvalue weighted by molar-refractivity contribution is -0.127. The number of allylic oxidation sites excluding steroid dienone is 5. The quantitative estimate of drug-likeness (QED) is 0.854. The summed E-state index contributed by atoms with van der Waals surface area (Å²) in [6.45, 7) is 2.53. The molecule has 20 heavy (non-hydrogen) atoms. The number of likely N-dealkylation sites (N-methyl/N-ethyl adjacent to an activating group) is 1. The fourth-order valence-corrected chi connectivity index (χ4v) is 2.77. The van der Waals surface area contributed by atoms with Crippen LogP contribution in [0.4, 0.5) is 0 Å². The van der Waals surface area contributed by atoms with Gasteiger partial charge in [-0.05, 0) is 32.3 Å². The number of hydrogen-bond acceptors (Lipinski definition) is 2. The molecule has 0 saturated heterocycles. The maximum atomic E-state index is 12.3. The molecule has 0 heterocycles. The van der Waals surface area contributed by atoms with Crippen molar-refractivity contribution in [3.8, 4) is 0 Å². The van der Waals surface area contributed by atoms with E-state index in [1.807, 2.05) is 13.1 Å². The average molecular weight is 274 g/mol. The molecule has 0 aromatic carbocycles. The summed E-state index contributed by atoms with van der Waals surface area (Å²) in [6, 6.07) is 0.531. The number of carbonyl (C=O) groups is 1. The predicted octanol–water partition coefficient (Wildman–Crippen LogP) is 3.16. The zero-order valence-electron chi connectivity index (χ0n) is 12.7. The minimum atomic E-state index is 0.144. The van der Waals surface area contributed by atoms with Gasteiger partial charge < -0.3 is 10.2 Å². The Balaban J connectivity index is 1.82. The Morgan fingerprint density at radius 1 is 1.25 bits per heavy atom. The van der Waals surface area contributed by atoms with E-state index in [0.29, 0.717) is 12.6 Å². The fourth-order valence-electron chi connectivity index (χ4n) is 2.77. The number of nitrogens with one attached hydrogen (secondary N) is 1. The molecule has 3 heteroatoms. The second-order valence-electron chi connectivity index (χ2n) is 5.81. The van der Waals surface area contributed by atoms with Crippen LogP contribution in [0.1, 0.15) is 45.4 Å². The van der Waals surface area contributed by atoms with E-state index < -0.39 is 0 Å². The highest BCUT2D eigenvalue weighted by molar-refractivity contribution is 5.80. The maximum Gasteiger partial charge on any atom is 0.240 e. The molecule has 1 fully saturated rings. The molecular formula is C17H26N2O. The first kappa shape index (κ1) is 15.0. The molecular weight excluding hydrogens is 248 g/mol. The van der Waals surface area contributed by atoms with Crippen molar-refractivity contribution >= 4 is 5.91 Å². The largest absolute Gasteiger partial charge is 0.315 e. The van der Waals surface area contributed by atoms with Gasteiger partial charge >= 0.3 is 0 Å². The monoisotopic (exact) mass is 274 g/mol. The van der Waals surface area contributed by atoms with E-state index in [1.165, 1.54) is 37.7 Å². The third kappa shape index (κ3) is 4.34. The van der Waals surface area contributed by atoms with Gasteiger partial charge in [0, 0.05) is 18.8 Å². The number of rotatable bonds is 4. The van der Waals surface area contributed by atoms with Crippen LogP contribution in [0.3, 0.4) is 0 Å². The molecule has 0 bridgehead atoms. The molecule has 1 saturated carbocycles. The number of nitrogens with zero attached hydrogens (tertiary/aromatic N) is 1. The van der Waals surface area contributed by atoms with Crippen LogP contribution in [0.2, 0.25) is 0 Å². The summed E-state index contributed by atoms with van der Waals surface area (Å²) in [5.74, 6) is 0.144. The van der Waals surface area contributed by atoms with E-state index in [9.17, 15) is 4.79 Å². The van der Waals surface area contributed by atoms with Gasteiger partial charge in [0.25, 0.3) is 0 Å². The van der Waals surface area contributed by atoms with E-state index in [-0.39, 0.29) is 5.91 Å². The predicted molar refractivity (Wildman–Crippen MR) is 83.2 cm³/mol. The Kier molecular flexibility index (Phi) is 5.60. The molecule has 110 valence electrons. The molecule has 2 aliphatic rings. The Morgan fingerprint density at radius 3 is 2.75 bits per heavy atom. The minimum absolute atomic E-state index is 0.144. The highest BCUT2D eigenvalue weighted by Crippen LogP contribution is 2.17. The van der Waals surface area contributed by atoms with Gasteiger partial charge in [0.05, 0.1) is 6.54 Å².